The third-order valence-corrected chi connectivity index (χ3v) is 17.6. The number of aromatic nitrogens is 1. The number of rotatable bonds is 55. The Morgan fingerprint density at radius 1 is 0.596 bits per heavy atom. The van der Waals surface area contributed by atoms with Gasteiger partial charge in [0.15, 0.2) is 0 Å². The molecular formula is C76H117N15O18. The molecule has 1 aliphatic rings. The van der Waals surface area contributed by atoms with Crippen LogP contribution in [0.3, 0.4) is 0 Å². The molecule has 3 aromatic carbocycles. The van der Waals surface area contributed by atoms with Gasteiger partial charge in [0.25, 0.3) is 0 Å². The molecule has 604 valence electrons. The van der Waals surface area contributed by atoms with E-state index >= 15 is 0 Å². The Morgan fingerprint density at radius 2 is 1.21 bits per heavy atom. The number of nitrogens with two attached hydrogens (primary N) is 1. The number of urea groups is 1. The minimum Gasteiger partial charge on any atom is -0.445 e. The minimum atomic E-state index is -1.08. The van der Waals surface area contributed by atoms with E-state index < -0.39 is 60.9 Å². The lowest BCUT2D eigenvalue weighted by atomic mass is 9.98. The Kier molecular flexibility index (Phi) is 43.0. The molecule has 0 bridgehead atoms. The van der Waals surface area contributed by atoms with E-state index in [1.54, 1.807) is 52.2 Å². The second-order valence-electron chi connectivity index (χ2n) is 26.9. The highest BCUT2D eigenvalue weighted by Gasteiger charge is 2.33. The monoisotopic (exact) mass is 1530 g/mol. The molecule has 4 aromatic rings. The molecule has 2 heterocycles. The molecule has 33 nitrogen and oxygen atoms in total. The first kappa shape index (κ1) is 90.3. The number of hydrogen-bond donors (Lipinski definition) is 11. The molecule has 5 rings (SSSR count). The number of likely N-dealkylation sites (N-methyl/N-ethyl adjacent to an activating group) is 2. The van der Waals surface area contributed by atoms with Crippen molar-refractivity contribution in [2.75, 3.05) is 152 Å². The highest BCUT2D eigenvalue weighted by Crippen LogP contribution is 2.26. The van der Waals surface area contributed by atoms with Gasteiger partial charge in [-0.3, -0.25) is 54.0 Å². The molecule has 33 heteroatoms. The number of benzene rings is 3. The van der Waals surface area contributed by atoms with E-state index in [1.807, 2.05) is 73.3 Å². The zero-order valence-corrected chi connectivity index (χ0v) is 64.4. The fourth-order valence-corrected chi connectivity index (χ4v) is 11.8. The number of nitrogens with one attached hydrogen (secondary N) is 10. The first-order valence-corrected chi connectivity index (χ1v) is 37.5. The fourth-order valence-electron chi connectivity index (χ4n) is 11.8. The van der Waals surface area contributed by atoms with E-state index in [-0.39, 0.29) is 145 Å². The van der Waals surface area contributed by atoms with Crippen molar-refractivity contribution in [3.63, 3.8) is 0 Å². The predicted molar refractivity (Wildman–Crippen MR) is 408 cm³/mol. The Morgan fingerprint density at radius 3 is 1.85 bits per heavy atom. The highest BCUT2D eigenvalue weighted by atomic mass is 16.6. The molecule has 1 fully saturated rings. The lowest BCUT2D eigenvalue weighted by molar-refractivity contribution is -0.137. The van der Waals surface area contributed by atoms with Crippen LogP contribution in [-0.2, 0) is 102 Å². The molecule has 0 radical (unpaired) electrons. The smallest absolute Gasteiger partial charge is 0.410 e. The van der Waals surface area contributed by atoms with Crippen molar-refractivity contribution in [2.24, 2.45) is 17.6 Å². The van der Waals surface area contributed by atoms with Crippen LogP contribution in [0.1, 0.15) is 102 Å². The normalized spacial score (nSPS) is 13.7. The Balaban J connectivity index is 0.849. The summed E-state index contributed by atoms with van der Waals surface area (Å²) in [5.41, 5.74) is 15.3. The van der Waals surface area contributed by atoms with Crippen LogP contribution in [0, 0.1) is 11.8 Å². The van der Waals surface area contributed by atoms with Crippen LogP contribution >= 0.6 is 0 Å². The summed E-state index contributed by atoms with van der Waals surface area (Å²) in [5, 5.41) is 22.7. The van der Waals surface area contributed by atoms with Crippen molar-refractivity contribution in [3.05, 3.63) is 102 Å². The van der Waals surface area contributed by atoms with Crippen LogP contribution in [0.25, 0.3) is 10.9 Å². The number of aryl methyl sites for hydroxylation is 1. The van der Waals surface area contributed by atoms with Crippen LogP contribution in [0.2, 0.25) is 0 Å². The maximum atomic E-state index is 13.7. The number of carbonyl (C=O) groups excluding carboxylic acids is 11. The summed E-state index contributed by atoms with van der Waals surface area (Å²) in [6.07, 6.45) is 3.31. The van der Waals surface area contributed by atoms with Crippen LogP contribution in [-0.4, -0.2) is 255 Å². The Hall–Kier alpha value is -9.35. The van der Waals surface area contributed by atoms with Crippen molar-refractivity contribution in [1.29, 1.82) is 0 Å². The average molecular weight is 1530 g/mol. The summed E-state index contributed by atoms with van der Waals surface area (Å²) < 4.78 is 40.6. The number of primary amides is 1. The number of hydrazine groups is 1. The zero-order chi connectivity index (χ0) is 79.1. The van der Waals surface area contributed by atoms with Gasteiger partial charge in [0, 0.05) is 101 Å². The van der Waals surface area contributed by atoms with Crippen molar-refractivity contribution in [2.45, 2.75) is 136 Å². The van der Waals surface area contributed by atoms with Crippen molar-refractivity contribution in [1.82, 2.24) is 67.3 Å². The standard InChI is InChI=1S/C76H117N15O18/c1-54(2)71(74(100)88(6)31-15-22-70(97)91-32-14-19-61(91)46-55(3)72(98)84-56(4)47-57-16-9-8-10-17-57)87-69(96)52-89(7)76(102)109-53-58-23-25-60(26-24-58)85-73(99)63(20-13-29-80-75(77)101)86-68(95)51-82-66(93)28-34-103-36-38-105-40-42-107-44-45-108-43-41-106-39-37-104-35-30-79-67(94)50-81-65(92)27-33-90-62(49-83-78-5)48-59-18-11-12-21-64(59)90/h8-12,16-18,21,23-26,48,54-56,61,63,71,78,83H,13-15,19-20,22,27-47,49-53H2,1-7H3,(H,79,94)(H,81,92)(H,82,93)(H,84,98)(H,85,99)(H,86,95)(H,87,96)(H3,77,80,101)/t55-,56-,61+,63+,71+/m1/s1. The molecule has 12 N–H and O–H groups in total. The average Bonchev–Trinajstić information content (AvgIpc) is 1.65. The van der Waals surface area contributed by atoms with Crippen LogP contribution in [0.15, 0.2) is 84.9 Å². The molecule has 0 spiro atoms. The second kappa shape index (κ2) is 51.9. The number of para-hydroxylation sites is 1. The quantitative estimate of drug-likeness (QED) is 0.0223. The van der Waals surface area contributed by atoms with Crippen molar-refractivity contribution < 1.29 is 85.9 Å². The minimum absolute atomic E-state index is 0.0239. The van der Waals surface area contributed by atoms with Gasteiger partial charge in [0.1, 0.15) is 25.2 Å². The van der Waals surface area contributed by atoms with E-state index in [0.29, 0.717) is 96.6 Å². The molecular weight excluding hydrogens is 1410 g/mol. The summed E-state index contributed by atoms with van der Waals surface area (Å²) in [5.74, 6) is -3.80. The van der Waals surface area contributed by atoms with Gasteiger partial charge in [-0.25, -0.2) is 9.59 Å². The molecule has 0 saturated carbocycles. The second-order valence-corrected chi connectivity index (χ2v) is 26.9. The molecule has 109 heavy (non-hydrogen) atoms. The van der Waals surface area contributed by atoms with Gasteiger partial charge in [-0.2, -0.15) is 0 Å². The van der Waals surface area contributed by atoms with Gasteiger partial charge < -0.3 is 101 Å². The first-order valence-electron chi connectivity index (χ1n) is 37.5. The number of hydrogen-bond acceptors (Lipinski definition) is 20. The lowest BCUT2D eigenvalue weighted by Gasteiger charge is -2.29. The van der Waals surface area contributed by atoms with E-state index in [0.717, 1.165) is 46.3 Å². The molecule has 1 saturated heterocycles. The van der Waals surface area contributed by atoms with E-state index in [1.165, 1.54) is 11.9 Å². The summed E-state index contributed by atoms with van der Waals surface area (Å²) >= 11 is 0. The molecule has 1 aliphatic heterocycles. The van der Waals surface area contributed by atoms with Gasteiger partial charge in [-0.05, 0) is 106 Å². The maximum Gasteiger partial charge on any atom is 0.410 e. The number of fused-ring (bicyclic) bond motifs is 1. The number of anilines is 1. The van der Waals surface area contributed by atoms with Gasteiger partial charge in [-0.15, -0.1) is 0 Å². The SMILES string of the molecule is CNNCc1cc2ccccc2n1CCC(=O)NCC(=O)NCCOCCOCCOCCOCCOCCOCCC(=O)NCC(=O)N[C@@H](CCCNC(N)=O)C(=O)Nc1ccc(COC(=O)N(C)CC(=O)N[C@H](C(=O)N(C)CCCC(=O)N2CCC[C@H]2C[C@@H](C)C(=O)N[C@H](C)Cc2ccccc2)C(C)C)cc1. The van der Waals surface area contributed by atoms with Gasteiger partial charge >= 0.3 is 12.1 Å². The van der Waals surface area contributed by atoms with Crippen LogP contribution in [0.5, 0.6) is 0 Å². The number of nitrogens with zero attached hydrogens (tertiary/aromatic N) is 4. The van der Waals surface area contributed by atoms with Gasteiger partial charge in [-0.1, -0.05) is 81.4 Å². The van der Waals surface area contributed by atoms with Crippen molar-refractivity contribution >= 4 is 81.9 Å². The molecule has 0 aliphatic carbocycles. The third kappa shape index (κ3) is 36.6. The fraction of sp³-hybridized carbons (Fsp3) is 0.592. The third-order valence-electron chi connectivity index (χ3n) is 17.6. The topological polar surface area (TPSA) is 413 Å². The predicted octanol–water partition coefficient (Wildman–Crippen LogP) is 2.38. The number of amides is 12. The van der Waals surface area contributed by atoms with Gasteiger partial charge in [0.2, 0.25) is 53.2 Å². The van der Waals surface area contributed by atoms with E-state index in [4.69, 9.17) is 38.9 Å². The summed E-state index contributed by atoms with van der Waals surface area (Å²) in [4.78, 5) is 146. The molecule has 1 aromatic heterocycles. The molecule has 5 atom stereocenters. The van der Waals surface area contributed by atoms with Gasteiger partial charge in [0.05, 0.1) is 98.9 Å². The summed E-state index contributed by atoms with van der Waals surface area (Å²) in [7, 11) is 4.80. The van der Waals surface area contributed by atoms with Crippen LogP contribution in [0.4, 0.5) is 15.3 Å². The Bertz CT molecular complexity index is 3440. The molecule has 12 amide bonds. The number of ether oxygens (including phenoxy) is 7. The summed E-state index contributed by atoms with van der Waals surface area (Å²) in [6.45, 7) is 12.3. The zero-order valence-electron chi connectivity index (χ0n) is 64.4. The van der Waals surface area contributed by atoms with Crippen LogP contribution < -0.4 is 59.1 Å². The highest BCUT2D eigenvalue weighted by molar-refractivity contribution is 5.98. The number of likely N-dealkylation sites (tertiary alicyclic amines) is 1. The largest absolute Gasteiger partial charge is 0.445 e. The van der Waals surface area contributed by atoms with Crippen molar-refractivity contribution in [3.8, 4) is 0 Å². The first-order chi connectivity index (χ1) is 52.5. The summed E-state index contributed by atoms with van der Waals surface area (Å²) in [6, 6.07) is 23.6. The Labute approximate surface area is 639 Å². The molecule has 0 unspecified atom stereocenters. The maximum absolute atomic E-state index is 13.7. The van der Waals surface area contributed by atoms with E-state index in [2.05, 4.69) is 64.0 Å². The van der Waals surface area contributed by atoms with E-state index in [9.17, 15) is 52.7 Å². The lowest BCUT2D eigenvalue weighted by Crippen LogP contribution is -2.52. The number of carbonyl (C=O) groups is 11.